The van der Waals surface area contributed by atoms with E-state index in [0.717, 1.165) is 54.8 Å². The van der Waals surface area contributed by atoms with Gasteiger partial charge >= 0.3 is 0 Å². The molecule has 6 nitrogen and oxygen atoms in total. The third kappa shape index (κ3) is 5.41. The van der Waals surface area contributed by atoms with Crippen LogP contribution in [0.2, 0.25) is 0 Å². The van der Waals surface area contributed by atoms with E-state index in [0.29, 0.717) is 5.41 Å². The molecule has 0 unspecified atom stereocenters. The van der Waals surface area contributed by atoms with Crippen LogP contribution in [0.25, 0.3) is 0 Å². The highest BCUT2D eigenvalue weighted by Gasteiger charge is 2.59. The third-order valence-electron chi connectivity index (χ3n) is 12.4. The van der Waals surface area contributed by atoms with Gasteiger partial charge in [-0.2, -0.15) is 0 Å². The van der Waals surface area contributed by atoms with Crippen molar-refractivity contribution in [1.29, 1.82) is 0 Å². The van der Waals surface area contributed by atoms with Crippen molar-refractivity contribution in [3.05, 3.63) is 11.6 Å². The average molecular weight is 549 g/mol. The van der Waals surface area contributed by atoms with Crippen molar-refractivity contribution >= 4 is 0 Å². The quantitative estimate of drug-likeness (QED) is 0.311. The first kappa shape index (κ1) is 30.0. The summed E-state index contributed by atoms with van der Waals surface area (Å²) in [7, 11) is 0. The molecule has 0 amide bonds. The number of allylic oxidation sites excluding steroid dienone is 1. The molecule has 1 aliphatic heterocycles. The first-order valence-corrected chi connectivity index (χ1v) is 16.1. The Balaban J connectivity index is 1.24. The highest BCUT2D eigenvalue weighted by Crippen LogP contribution is 2.67. The van der Waals surface area contributed by atoms with Gasteiger partial charge in [0, 0.05) is 0 Å². The van der Waals surface area contributed by atoms with Crippen molar-refractivity contribution in [2.45, 2.75) is 142 Å². The molecule has 1 saturated heterocycles. The van der Waals surface area contributed by atoms with Gasteiger partial charge < -0.3 is 29.9 Å². The van der Waals surface area contributed by atoms with Gasteiger partial charge in [0.25, 0.3) is 0 Å². The minimum absolute atomic E-state index is 0.0984. The predicted molar refractivity (Wildman–Crippen MR) is 152 cm³/mol. The van der Waals surface area contributed by atoms with Crippen LogP contribution in [-0.4, -0.2) is 63.8 Å². The first-order chi connectivity index (χ1) is 18.5. The van der Waals surface area contributed by atoms with Crippen molar-refractivity contribution < 1.29 is 29.9 Å². The molecule has 0 spiro atoms. The van der Waals surface area contributed by atoms with Crippen LogP contribution in [0.5, 0.6) is 0 Å². The molecule has 5 rings (SSSR count). The Morgan fingerprint density at radius 3 is 2.44 bits per heavy atom. The minimum atomic E-state index is -1.39. The van der Waals surface area contributed by atoms with Crippen LogP contribution in [0.1, 0.15) is 105 Å². The topological polar surface area (TPSA) is 99.4 Å². The van der Waals surface area contributed by atoms with E-state index < -0.39 is 37.3 Å². The van der Waals surface area contributed by atoms with Gasteiger partial charge in [-0.1, -0.05) is 65.5 Å². The van der Waals surface area contributed by atoms with Crippen LogP contribution < -0.4 is 0 Å². The second-order valence-electron chi connectivity index (χ2n) is 15.0. The van der Waals surface area contributed by atoms with Crippen LogP contribution >= 0.6 is 0 Å². The minimum Gasteiger partial charge on any atom is -0.394 e. The van der Waals surface area contributed by atoms with Gasteiger partial charge in [0.15, 0.2) is 6.29 Å². The Morgan fingerprint density at radius 1 is 0.949 bits per heavy atom. The van der Waals surface area contributed by atoms with Gasteiger partial charge in [0.2, 0.25) is 0 Å². The van der Waals surface area contributed by atoms with E-state index in [1.807, 2.05) is 0 Å². The summed E-state index contributed by atoms with van der Waals surface area (Å²) in [5.41, 5.74) is 2.20. The molecule has 224 valence electrons. The molecular formula is C33H56O6. The van der Waals surface area contributed by atoms with Gasteiger partial charge in [-0.25, -0.2) is 0 Å². The number of aliphatic hydroxyl groups excluding tert-OH is 4. The van der Waals surface area contributed by atoms with Crippen molar-refractivity contribution in [2.75, 3.05) is 6.61 Å². The van der Waals surface area contributed by atoms with Gasteiger partial charge in [0.05, 0.1) is 12.7 Å². The summed E-state index contributed by atoms with van der Waals surface area (Å²) in [6.45, 7) is 12.0. The zero-order valence-electron chi connectivity index (χ0n) is 25.1. The smallest absolute Gasteiger partial charge is 0.186 e. The Morgan fingerprint density at radius 2 is 1.72 bits per heavy atom. The molecule has 39 heavy (non-hydrogen) atoms. The van der Waals surface area contributed by atoms with Crippen LogP contribution in [0.15, 0.2) is 11.6 Å². The molecule has 3 saturated carbocycles. The number of hydrogen-bond acceptors (Lipinski definition) is 6. The zero-order chi connectivity index (χ0) is 28.1. The van der Waals surface area contributed by atoms with Crippen molar-refractivity contribution in [1.82, 2.24) is 0 Å². The highest BCUT2D eigenvalue weighted by molar-refractivity contribution is 5.25. The summed E-state index contributed by atoms with van der Waals surface area (Å²) < 4.78 is 11.9. The molecular weight excluding hydrogens is 492 g/mol. The van der Waals surface area contributed by atoms with Crippen LogP contribution in [-0.2, 0) is 9.47 Å². The number of rotatable bonds is 8. The normalized spacial score (nSPS) is 48.7. The molecule has 0 radical (unpaired) electrons. The Bertz CT molecular complexity index is 872. The fourth-order valence-corrected chi connectivity index (χ4v) is 10.1. The number of fused-ring (bicyclic) bond motifs is 5. The van der Waals surface area contributed by atoms with E-state index in [1.165, 1.54) is 56.9 Å². The van der Waals surface area contributed by atoms with Gasteiger partial charge in [-0.15, -0.1) is 0 Å². The predicted octanol–water partition coefficient (Wildman–Crippen LogP) is 5.21. The van der Waals surface area contributed by atoms with Gasteiger partial charge in [0.1, 0.15) is 24.4 Å². The molecule has 6 heteroatoms. The Kier molecular flexibility index (Phi) is 8.95. The summed E-state index contributed by atoms with van der Waals surface area (Å²) in [6, 6.07) is 0. The standard InChI is InChI=1S/C33H56O6/c1-19(2)7-6-8-20(3)24-11-12-25-23-10-9-21-17-22(13-15-32(21,4)26(23)14-16-33(24,25)5)38-31-30(37)29(36)28(35)27(18-34)39-31/h9,19-20,22-31,34-37H,6-8,10-18H2,1-5H3/t20-,22+,23+,24-,25+,26+,27-,28+,29+,30+,31+,32+,33-/m1/s1. The summed E-state index contributed by atoms with van der Waals surface area (Å²) in [6.07, 6.45) is 9.98. The number of aliphatic hydroxyl groups is 4. The molecule has 0 bridgehead atoms. The fourth-order valence-electron chi connectivity index (χ4n) is 10.1. The molecule has 4 N–H and O–H groups in total. The zero-order valence-corrected chi connectivity index (χ0v) is 25.1. The first-order valence-electron chi connectivity index (χ1n) is 16.1. The summed E-state index contributed by atoms with van der Waals surface area (Å²) in [5, 5.41) is 40.3. The molecule has 13 atom stereocenters. The van der Waals surface area contributed by atoms with Crippen molar-refractivity contribution in [2.24, 2.45) is 46.3 Å². The van der Waals surface area contributed by atoms with Crippen LogP contribution in [0, 0.1) is 46.3 Å². The average Bonchev–Trinajstić information content (AvgIpc) is 3.26. The lowest BCUT2D eigenvalue weighted by atomic mass is 9.47. The maximum Gasteiger partial charge on any atom is 0.186 e. The molecule has 4 aliphatic carbocycles. The lowest BCUT2D eigenvalue weighted by Gasteiger charge is -2.58. The van der Waals surface area contributed by atoms with Gasteiger partial charge in [-0.05, 0) is 97.7 Å². The van der Waals surface area contributed by atoms with E-state index in [1.54, 1.807) is 0 Å². The van der Waals surface area contributed by atoms with Crippen molar-refractivity contribution in [3.8, 4) is 0 Å². The molecule has 0 aromatic heterocycles. The summed E-state index contributed by atoms with van der Waals surface area (Å²) >= 11 is 0. The van der Waals surface area contributed by atoms with E-state index in [4.69, 9.17) is 9.47 Å². The maximum atomic E-state index is 10.5. The molecule has 4 fully saturated rings. The van der Waals surface area contributed by atoms with E-state index >= 15 is 0 Å². The Labute approximate surface area is 236 Å². The molecule has 5 aliphatic rings. The third-order valence-corrected chi connectivity index (χ3v) is 12.4. The summed E-state index contributed by atoms with van der Waals surface area (Å²) in [5.74, 6) is 4.87. The lowest BCUT2D eigenvalue weighted by Crippen LogP contribution is -2.60. The van der Waals surface area contributed by atoms with E-state index in [2.05, 4.69) is 40.7 Å². The molecule has 0 aromatic carbocycles. The number of hydrogen-bond donors (Lipinski definition) is 4. The second kappa shape index (κ2) is 11.6. The Hall–Kier alpha value is -0.500. The lowest BCUT2D eigenvalue weighted by molar-refractivity contribution is -0.313. The number of ether oxygens (including phenoxy) is 2. The van der Waals surface area contributed by atoms with Crippen LogP contribution in [0.4, 0.5) is 0 Å². The molecule has 1 heterocycles. The highest BCUT2D eigenvalue weighted by atomic mass is 16.7. The fraction of sp³-hybridized carbons (Fsp3) is 0.939. The van der Waals surface area contributed by atoms with E-state index in [-0.39, 0.29) is 11.5 Å². The van der Waals surface area contributed by atoms with Crippen molar-refractivity contribution in [3.63, 3.8) is 0 Å². The SMILES string of the molecule is CC(C)CCC[C@@H](C)[C@H]1CC[C@H]2[C@@H]3CC=C4C[C@@H](O[C@H]5O[C@H](CO)[C@H](O)[C@H](O)[C@@H]5O)CC[C@]4(C)[C@H]3CC[C@]12C. The largest absolute Gasteiger partial charge is 0.394 e. The maximum absolute atomic E-state index is 10.5. The van der Waals surface area contributed by atoms with E-state index in [9.17, 15) is 20.4 Å². The second-order valence-corrected chi connectivity index (χ2v) is 15.0. The van der Waals surface area contributed by atoms with Gasteiger partial charge in [-0.3, -0.25) is 0 Å². The monoisotopic (exact) mass is 548 g/mol. The van der Waals surface area contributed by atoms with Crippen LogP contribution in [0.3, 0.4) is 0 Å². The summed E-state index contributed by atoms with van der Waals surface area (Å²) in [4.78, 5) is 0. The molecule has 0 aromatic rings.